The van der Waals surface area contributed by atoms with Crippen LogP contribution in [0.3, 0.4) is 0 Å². The molecule has 1 aliphatic heterocycles. The molecule has 0 aromatic heterocycles. The molecular weight excluding hydrogens is 417 g/mol. The highest BCUT2D eigenvalue weighted by Crippen LogP contribution is 2.29. The second-order valence-corrected chi connectivity index (χ2v) is 8.38. The molecule has 1 saturated heterocycles. The third-order valence-corrected chi connectivity index (χ3v) is 6.48. The molecule has 3 amide bonds. The van der Waals surface area contributed by atoms with Gasteiger partial charge in [-0.25, -0.2) is 13.2 Å². The zero-order valence-corrected chi connectivity index (χ0v) is 16.9. The van der Waals surface area contributed by atoms with Crippen LogP contribution in [0.15, 0.2) is 23.1 Å². The van der Waals surface area contributed by atoms with Gasteiger partial charge in [0.25, 0.3) is 5.91 Å². The van der Waals surface area contributed by atoms with Crippen LogP contribution >= 0.6 is 23.2 Å². The van der Waals surface area contributed by atoms with Gasteiger partial charge in [-0.15, -0.1) is 0 Å². The zero-order chi connectivity index (χ0) is 20.2. The number of sulfonamides is 1. The van der Waals surface area contributed by atoms with E-state index < -0.39 is 28.1 Å². The first-order chi connectivity index (χ1) is 12.7. The minimum Gasteiger partial charge on any atom is -0.352 e. The number of halogens is 2. The van der Waals surface area contributed by atoms with Crippen LogP contribution in [0, 0.1) is 0 Å². The quantitative estimate of drug-likeness (QED) is 0.594. The molecule has 1 fully saturated rings. The van der Waals surface area contributed by atoms with Crippen LogP contribution in [0.4, 0.5) is 4.79 Å². The molecule has 1 aromatic carbocycles. The number of benzene rings is 1. The van der Waals surface area contributed by atoms with Gasteiger partial charge in [-0.2, -0.15) is 4.31 Å². The smallest absolute Gasteiger partial charge is 0.319 e. The Morgan fingerprint density at radius 3 is 2.52 bits per heavy atom. The van der Waals surface area contributed by atoms with Crippen molar-refractivity contribution in [2.45, 2.75) is 18.0 Å². The fraction of sp³-hybridized carbons (Fsp3) is 0.467. The monoisotopic (exact) mass is 437 g/mol. The Balaban J connectivity index is 2.40. The number of rotatable bonds is 6. The van der Waals surface area contributed by atoms with Crippen LogP contribution in [0.5, 0.6) is 0 Å². The fourth-order valence-corrected chi connectivity index (χ4v) is 4.59. The Hall–Kier alpha value is -1.59. The van der Waals surface area contributed by atoms with Crippen LogP contribution in [0.25, 0.3) is 0 Å². The Kier molecular flexibility index (Phi) is 7.29. The lowest BCUT2D eigenvalue weighted by atomic mass is 10.4. The summed E-state index contributed by atoms with van der Waals surface area (Å²) in [5.74, 6) is -0.632. The third-order valence-electron chi connectivity index (χ3n) is 3.89. The molecule has 1 atom stereocenters. The molecule has 0 spiro atoms. The topological polar surface area (TPSA) is 125 Å². The Morgan fingerprint density at radius 2 is 1.93 bits per heavy atom. The third kappa shape index (κ3) is 4.64. The lowest BCUT2D eigenvalue weighted by Crippen LogP contribution is -2.56. The van der Waals surface area contributed by atoms with Crippen LogP contribution in [-0.2, 0) is 14.8 Å². The van der Waals surface area contributed by atoms with Gasteiger partial charge in [-0.05, 0) is 25.1 Å². The second kappa shape index (κ2) is 9.07. The molecule has 27 heavy (non-hydrogen) atoms. The van der Waals surface area contributed by atoms with E-state index in [1.54, 1.807) is 6.92 Å². The molecule has 0 radical (unpaired) electrons. The lowest BCUT2D eigenvalue weighted by Gasteiger charge is -2.28. The first-order valence-electron chi connectivity index (χ1n) is 8.23. The molecule has 12 heteroatoms. The molecule has 2 rings (SSSR count). The highest BCUT2D eigenvalue weighted by atomic mass is 35.5. The van der Waals surface area contributed by atoms with Gasteiger partial charge in [-0.1, -0.05) is 23.2 Å². The van der Waals surface area contributed by atoms with Crippen molar-refractivity contribution in [3.8, 4) is 0 Å². The second-order valence-electron chi connectivity index (χ2n) is 5.67. The van der Waals surface area contributed by atoms with Gasteiger partial charge < -0.3 is 16.4 Å². The van der Waals surface area contributed by atoms with E-state index in [1.165, 1.54) is 23.1 Å². The average molecular weight is 438 g/mol. The van der Waals surface area contributed by atoms with Crippen LogP contribution in [0.2, 0.25) is 10.0 Å². The van der Waals surface area contributed by atoms with Gasteiger partial charge in [0.15, 0.2) is 6.17 Å². The van der Waals surface area contributed by atoms with E-state index in [4.69, 9.17) is 28.9 Å². The summed E-state index contributed by atoms with van der Waals surface area (Å²) in [5.41, 5.74) is 5.39. The predicted molar refractivity (Wildman–Crippen MR) is 102 cm³/mol. The largest absolute Gasteiger partial charge is 0.352 e. The summed E-state index contributed by atoms with van der Waals surface area (Å²) in [6.07, 6.45) is -1.33. The van der Waals surface area contributed by atoms with Crippen molar-refractivity contribution in [1.29, 1.82) is 0 Å². The summed E-state index contributed by atoms with van der Waals surface area (Å²) in [4.78, 5) is 25.9. The number of nitrogens with two attached hydrogens (primary N) is 1. The fourth-order valence-electron chi connectivity index (χ4n) is 2.66. The first kappa shape index (κ1) is 21.7. The van der Waals surface area contributed by atoms with E-state index in [-0.39, 0.29) is 41.1 Å². The maximum atomic E-state index is 13.1. The molecule has 0 saturated carbocycles. The van der Waals surface area contributed by atoms with Crippen LogP contribution in [-0.4, -0.2) is 68.5 Å². The number of carbonyl (C=O) groups excluding carboxylic acids is 2. The summed E-state index contributed by atoms with van der Waals surface area (Å²) in [7, 11) is -4.10. The minimum atomic E-state index is -4.10. The molecule has 1 aliphatic rings. The molecule has 0 aliphatic carbocycles. The van der Waals surface area contributed by atoms with Crippen molar-refractivity contribution >= 4 is 45.2 Å². The van der Waals surface area contributed by atoms with Crippen molar-refractivity contribution < 1.29 is 18.0 Å². The first-order valence-corrected chi connectivity index (χ1v) is 10.4. The minimum absolute atomic E-state index is 0.0412. The summed E-state index contributed by atoms with van der Waals surface area (Å²) in [6.45, 7) is 2.42. The Morgan fingerprint density at radius 1 is 1.22 bits per heavy atom. The van der Waals surface area contributed by atoms with E-state index in [2.05, 4.69) is 10.6 Å². The van der Waals surface area contributed by atoms with Crippen molar-refractivity contribution in [2.75, 3.05) is 32.7 Å². The van der Waals surface area contributed by atoms with Crippen LogP contribution in [0.1, 0.15) is 6.92 Å². The number of hydrogen-bond acceptors (Lipinski definition) is 5. The Labute approximate surface area is 167 Å². The van der Waals surface area contributed by atoms with Crippen molar-refractivity contribution in [2.24, 2.45) is 5.73 Å². The van der Waals surface area contributed by atoms with Gasteiger partial charge in [0.1, 0.15) is 0 Å². The molecule has 1 heterocycles. The van der Waals surface area contributed by atoms with E-state index in [0.717, 1.165) is 4.31 Å². The Bertz CT molecular complexity index is 820. The van der Waals surface area contributed by atoms with E-state index in [1.807, 2.05) is 0 Å². The lowest BCUT2D eigenvalue weighted by molar-refractivity contribution is -0.127. The highest BCUT2D eigenvalue weighted by Gasteiger charge is 2.46. The number of urea groups is 1. The number of carbonyl (C=O) groups is 2. The van der Waals surface area contributed by atoms with E-state index in [9.17, 15) is 18.0 Å². The van der Waals surface area contributed by atoms with Gasteiger partial charge in [-0.3, -0.25) is 9.69 Å². The van der Waals surface area contributed by atoms with Crippen molar-refractivity contribution in [1.82, 2.24) is 19.8 Å². The van der Waals surface area contributed by atoms with Gasteiger partial charge in [0, 0.05) is 32.7 Å². The number of hydrogen-bond donors (Lipinski definition) is 3. The number of nitrogens with one attached hydrogen (secondary N) is 2. The zero-order valence-electron chi connectivity index (χ0n) is 14.6. The van der Waals surface area contributed by atoms with E-state index >= 15 is 0 Å². The maximum Gasteiger partial charge on any atom is 0.319 e. The molecule has 1 aromatic rings. The molecular formula is C15H21Cl2N5O4S. The summed E-state index contributed by atoms with van der Waals surface area (Å²) >= 11 is 11.8. The predicted octanol–water partition coefficient (Wildman–Crippen LogP) is 0.430. The standard InChI is InChI=1S/C15H21Cl2N5O4S/c1-2-19-15(24)21-7-8-22(14(21)13(23)20-6-5-18)27(25,26)10-3-4-11(16)12(17)9-10/h3-4,9,14H,2,5-8,18H2,1H3,(H,19,24)(H,20,23). The maximum absolute atomic E-state index is 13.1. The number of nitrogens with zero attached hydrogens (tertiary/aromatic N) is 2. The normalized spacial score (nSPS) is 17.8. The van der Waals surface area contributed by atoms with Gasteiger partial charge >= 0.3 is 6.03 Å². The molecule has 9 nitrogen and oxygen atoms in total. The highest BCUT2D eigenvalue weighted by molar-refractivity contribution is 7.89. The number of amides is 3. The average Bonchev–Trinajstić information content (AvgIpc) is 3.08. The molecule has 4 N–H and O–H groups in total. The summed E-state index contributed by atoms with van der Waals surface area (Å²) < 4.78 is 27.1. The summed E-state index contributed by atoms with van der Waals surface area (Å²) in [5, 5.41) is 5.39. The van der Waals surface area contributed by atoms with Gasteiger partial charge in [0.05, 0.1) is 14.9 Å². The van der Waals surface area contributed by atoms with Crippen molar-refractivity contribution in [3.63, 3.8) is 0 Å². The SMILES string of the molecule is CCNC(=O)N1CCN(S(=O)(=O)c2ccc(Cl)c(Cl)c2)C1C(=O)NCCN. The van der Waals surface area contributed by atoms with Gasteiger partial charge in [0.2, 0.25) is 10.0 Å². The van der Waals surface area contributed by atoms with Crippen LogP contribution < -0.4 is 16.4 Å². The molecule has 1 unspecified atom stereocenters. The molecule has 0 bridgehead atoms. The van der Waals surface area contributed by atoms with Crippen molar-refractivity contribution in [3.05, 3.63) is 28.2 Å². The van der Waals surface area contributed by atoms with E-state index in [0.29, 0.717) is 6.54 Å². The molecule has 150 valence electrons. The summed E-state index contributed by atoms with van der Waals surface area (Å²) in [6, 6.07) is 3.34.